The maximum absolute atomic E-state index is 12.0. The van der Waals surface area contributed by atoms with Crippen LogP contribution in [0, 0.1) is 0 Å². The Bertz CT molecular complexity index is 64.6. The van der Waals surface area contributed by atoms with Crippen molar-refractivity contribution in [1.29, 1.82) is 0 Å². The zero-order chi connectivity index (χ0) is 8.62. The molecular weight excluding hydrogens is 136 g/mol. The average Bonchev–Trinajstić information content (AvgIpc) is 1.93. The summed E-state index contributed by atoms with van der Waals surface area (Å²) in [5.41, 5.74) is 4.74. The van der Waals surface area contributed by atoms with E-state index in [1.54, 1.807) is 6.92 Å². The second-order valence-electron chi connectivity index (χ2n) is 1.81. The van der Waals surface area contributed by atoms with Gasteiger partial charge in [-0.1, -0.05) is 27.2 Å². The Morgan fingerprint density at radius 3 is 1.80 bits per heavy atom. The summed E-state index contributed by atoms with van der Waals surface area (Å²) in [7, 11) is 0. The Labute approximate surface area is 61.6 Å². The highest BCUT2D eigenvalue weighted by atomic mass is 19.3. The minimum Gasteiger partial charge on any atom is -0.325 e. The van der Waals surface area contributed by atoms with Gasteiger partial charge >= 0.3 is 0 Å². The van der Waals surface area contributed by atoms with E-state index in [0.29, 0.717) is 6.42 Å². The molecule has 0 bridgehead atoms. The zero-order valence-electron chi connectivity index (χ0n) is 6.95. The summed E-state index contributed by atoms with van der Waals surface area (Å²) in [5, 5.41) is 0. The van der Waals surface area contributed by atoms with Crippen molar-refractivity contribution in [3.05, 3.63) is 0 Å². The van der Waals surface area contributed by atoms with Gasteiger partial charge in [0.05, 0.1) is 6.54 Å². The van der Waals surface area contributed by atoms with Crippen molar-refractivity contribution in [1.82, 2.24) is 0 Å². The molecule has 1 nitrogen and oxygen atoms in total. The normalized spacial score (nSPS) is 10.2. The van der Waals surface area contributed by atoms with Gasteiger partial charge in [0.15, 0.2) is 0 Å². The van der Waals surface area contributed by atoms with E-state index in [0.717, 1.165) is 0 Å². The molecule has 0 aliphatic rings. The molecule has 0 saturated carbocycles. The highest BCUT2D eigenvalue weighted by Gasteiger charge is 2.24. The molecule has 0 amide bonds. The second kappa shape index (κ2) is 6.93. The molecule has 0 fully saturated rings. The number of alkyl halides is 2. The predicted molar refractivity (Wildman–Crippen MR) is 40.3 cm³/mol. The minimum atomic E-state index is -2.63. The molecule has 0 rings (SSSR count). The van der Waals surface area contributed by atoms with Crippen LogP contribution in [0.4, 0.5) is 8.78 Å². The third-order valence-electron chi connectivity index (χ3n) is 0.914. The van der Waals surface area contributed by atoms with Gasteiger partial charge in [0, 0.05) is 6.42 Å². The van der Waals surface area contributed by atoms with Gasteiger partial charge in [-0.25, -0.2) is 8.78 Å². The van der Waals surface area contributed by atoms with Crippen LogP contribution >= 0.6 is 0 Å². The summed E-state index contributed by atoms with van der Waals surface area (Å²) >= 11 is 0. The second-order valence-corrected chi connectivity index (χ2v) is 1.81. The molecule has 0 unspecified atom stereocenters. The van der Waals surface area contributed by atoms with Gasteiger partial charge in [0.25, 0.3) is 5.92 Å². The van der Waals surface area contributed by atoms with Crippen molar-refractivity contribution in [2.75, 3.05) is 6.54 Å². The largest absolute Gasteiger partial charge is 0.325 e. The fraction of sp³-hybridized carbons (Fsp3) is 1.00. The Kier molecular flexibility index (Phi) is 8.66. The first-order valence-electron chi connectivity index (χ1n) is 3.70. The molecule has 0 spiro atoms. The number of halogens is 2. The summed E-state index contributed by atoms with van der Waals surface area (Å²) in [6.07, 6.45) is 0.397. The molecule has 64 valence electrons. The van der Waals surface area contributed by atoms with E-state index >= 15 is 0 Å². The Morgan fingerprint density at radius 1 is 1.30 bits per heavy atom. The number of rotatable bonds is 3. The van der Waals surface area contributed by atoms with E-state index in [2.05, 4.69) is 0 Å². The van der Waals surface area contributed by atoms with E-state index in [1.165, 1.54) is 0 Å². The zero-order valence-corrected chi connectivity index (χ0v) is 6.95. The maximum Gasteiger partial charge on any atom is 0.260 e. The molecule has 0 atom stereocenters. The summed E-state index contributed by atoms with van der Waals surface area (Å²) in [4.78, 5) is 0. The molecule has 0 aliphatic carbocycles. The van der Waals surface area contributed by atoms with Crippen LogP contribution in [0.3, 0.4) is 0 Å². The Hall–Kier alpha value is -0.180. The lowest BCUT2D eigenvalue weighted by atomic mass is 10.2. The average molecular weight is 153 g/mol. The van der Waals surface area contributed by atoms with Crippen molar-refractivity contribution in [3.8, 4) is 0 Å². The molecule has 0 radical (unpaired) electrons. The lowest BCUT2D eigenvalue weighted by Crippen LogP contribution is -2.27. The molecule has 0 aromatic carbocycles. The van der Waals surface area contributed by atoms with E-state index in [-0.39, 0.29) is 6.42 Å². The van der Waals surface area contributed by atoms with Crippen LogP contribution < -0.4 is 5.73 Å². The van der Waals surface area contributed by atoms with Crippen molar-refractivity contribution >= 4 is 0 Å². The molecule has 2 N–H and O–H groups in total. The van der Waals surface area contributed by atoms with Gasteiger partial charge in [0.1, 0.15) is 0 Å². The molecule has 0 heterocycles. The topological polar surface area (TPSA) is 26.0 Å². The van der Waals surface area contributed by atoms with Crippen molar-refractivity contribution in [3.63, 3.8) is 0 Å². The fourth-order valence-corrected chi connectivity index (χ4v) is 0.468. The van der Waals surface area contributed by atoms with E-state index in [1.807, 2.05) is 13.8 Å². The van der Waals surface area contributed by atoms with Crippen molar-refractivity contribution in [2.45, 2.75) is 39.5 Å². The minimum absolute atomic E-state index is 0.0938. The number of hydrogen-bond donors (Lipinski definition) is 1. The monoisotopic (exact) mass is 153 g/mol. The van der Waals surface area contributed by atoms with Gasteiger partial charge in [-0.3, -0.25) is 0 Å². The van der Waals surface area contributed by atoms with Crippen LogP contribution in [0.2, 0.25) is 0 Å². The van der Waals surface area contributed by atoms with Gasteiger partial charge in [-0.05, 0) is 0 Å². The molecule has 0 aromatic rings. The first-order chi connectivity index (χ1) is 4.62. The van der Waals surface area contributed by atoms with Crippen LogP contribution in [-0.4, -0.2) is 12.5 Å². The Balaban J connectivity index is 0. The highest BCUT2D eigenvalue weighted by molar-refractivity contribution is 4.64. The number of hydrogen-bond acceptors (Lipinski definition) is 1. The van der Waals surface area contributed by atoms with Crippen LogP contribution in [0.5, 0.6) is 0 Å². The summed E-state index contributed by atoms with van der Waals surface area (Å²) in [6.45, 7) is 5.18. The summed E-state index contributed by atoms with van der Waals surface area (Å²) in [6, 6.07) is 0. The van der Waals surface area contributed by atoms with Crippen LogP contribution in [-0.2, 0) is 0 Å². The number of nitrogens with two attached hydrogens (primary N) is 1. The first kappa shape index (κ1) is 12.5. The highest BCUT2D eigenvalue weighted by Crippen LogP contribution is 2.17. The molecule has 0 saturated heterocycles. The summed E-state index contributed by atoms with van der Waals surface area (Å²) in [5.74, 6) is -2.63. The van der Waals surface area contributed by atoms with E-state index in [9.17, 15) is 8.78 Å². The summed E-state index contributed by atoms with van der Waals surface area (Å²) < 4.78 is 24.1. The van der Waals surface area contributed by atoms with Crippen LogP contribution in [0.25, 0.3) is 0 Å². The first-order valence-corrected chi connectivity index (χ1v) is 3.70. The molecule has 0 aromatic heterocycles. The Morgan fingerprint density at radius 2 is 1.70 bits per heavy atom. The molecule has 3 heteroatoms. The van der Waals surface area contributed by atoms with Gasteiger partial charge in [-0.2, -0.15) is 0 Å². The standard InChI is InChI=1S/C5H11F2N.C2H6/c1-2-3-5(6,7)4-8;1-2/h2-4,8H2,1H3;1-2H3. The van der Waals surface area contributed by atoms with E-state index < -0.39 is 12.5 Å². The van der Waals surface area contributed by atoms with Gasteiger partial charge < -0.3 is 5.73 Å². The molecule has 10 heavy (non-hydrogen) atoms. The smallest absolute Gasteiger partial charge is 0.260 e. The van der Waals surface area contributed by atoms with E-state index in [4.69, 9.17) is 5.73 Å². The fourth-order valence-electron chi connectivity index (χ4n) is 0.468. The lowest BCUT2D eigenvalue weighted by Gasteiger charge is -2.10. The van der Waals surface area contributed by atoms with Crippen LogP contribution in [0.1, 0.15) is 33.6 Å². The lowest BCUT2D eigenvalue weighted by molar-refractivity contribution is 0.00149. The van der Waals surface area contributed by atoms with Crippen molar-refractivity contribution in [2.24, 2.45) is 5.73 Å². The maximum atomic E-state index is 12.0. The molecular formula is C7H17F2N. The van der Waals surface area contributed by atoms with Crippen LogP contribution in [0.15, 0.2) is 0 Å². The van der Waals surface area contributed by atoms with Gasteiger partial charge in [-0.15, -0.1) is 0 Å². The predicted octanol–water partition coefficient (Wildman–Crippen LogP) is 2.41. The quantitative estimate of drug-likeness (QED) is 0.662. The molecule has 0 aliphatic heterocycles. The third-order valence-corrected chi connectivity index (χ3v) is 0.914. The van der Waals surface area contributed by atoms with Gasteiger partial charge in [0.2, 0.25) is 0 Å². The van der Waals surface area contributed by atoms with Crippen molar-refractivity contribution < 1.29 is 8.78 Å². The SMILES string of the molecule is CC.CCCC(F)(F)CN. The third kappa shape index (κ3) is 7.82.